The highest BCUT2D eigenvalue weighted by molar-refractivity contribution is 5.87. The normalized spacial score (nSPS) is 10.2. The first-order valence-electron chi connectivity index (χ1n) is 6.18. The number of hydrogen-bond acceptors (Lipinski definition) is 4. The van der Waals surface area contributed by atoms with Crippen LogP contribution in [0.25, 0.3) is 0 Å². The zero-order valence-corrected chi connectivity index (χ0v) is 10.9. The molecule has 0 unspecified atom stereocenters. The molecule has 1 heterocycles. The number of rotatable bonds is 7. The first kappa shape index (κ1) is 14.0. The van der Waals surface area contributed by atoms with Gasteiger partial charge in [0.2, 0.25) is 0 Å². The molecular formula is C15H15NO4. The molecule has 0 saturated heterocycles. The van der Waals surface area contributed by atoms with E-state index in [-0.39, 0.29) is 5.56 Å². The SMILES string of the molecule is O=C(O)c1cncc(OCCOCc2ccccc2)c1. The third-order valence-electron chi connectivity index (χ3n) is 2.57. The minimum absolute atomic E-state index is 0.104. The van der Waals surface area contributed by atoms with E-state index in [4.69, 9.17) is 14.6 Å². The summed E-state index contributed by atoms with van der Waals surface area (Å²) in [5, 5.41) is 8.82. The Labute approximate surface area is 116 Å². The Morgan fingerprint density at radius 3 is 2.70 bits per heavy atom. The van der Waals surface area contributed by atoms with Gasteiger partial charge in [0.05, 0.1) is 25.0 Å². The van der Waals surface area contributed by atoms with Gasteiger partial charge in [-0.3, -0.25) is 4.98 Å². The predicted octanol–water partition coefficient (Wildman–Crippen LogP) is 2.38. The zero-order valence-electron chi connectivity index (χ0n) is 10.9. The minimum Gasteiger partial charge on any atom is -0.490 e. The predicted molar refractivity (Wildman–Crippen MR) is 72.8 cm³/mol. The maximum absolute atomic E-state index is 10.8. The molecule has 0 spiro atoms. The van der Waals surface area contributed by atoms with E-state index in [1.807, 2.05) is 30.3 Å². The van der Waals surface area contributed by atoms with Gasteiger partial charge in [-0.2, -0.15) is 0 Å². The summed E-state index contributed by atoms with van der Waals surface area (Å²) < 4.78 is 10.8. The summed E-state index contributed by atoms with van der Waals surface area (Å²) in [6, 6.07) is 11.3. The molecule has 2 aromatic rings. The van der Waals surface area contributed by atoms with E-state index in [0.29, 0.717) is 25.6 Å². The molecule has 104 valence electrons. The number of carboxylic acids is 1. The second kappa shape index (κ2) is 7.25. The average Bonchev–Trinajstić information content (AvgIpc) is 2.48. The number of ether oxygens (including phenoxy) is 2. The van der Waals surface area contributed by atoms with E-state index in [1.54, 1.807) is 0 Å². The number of carbonyl (C=O) groups is 1. The Hall–Kier alpha value is -2.40. The third kappa shape index (κ3) is 4.37. The van der Waals surface area contributed by atoms with Gasteiger partial charge in [0.15, 0.2) is 0 Å². The molecule has 0 saturated carbocycles. The molecule has 1 aromatic heterocycles. The Bertz CT molecular complexity index is 557. The Kier molecular flexibility index (Phi) is 5.08. The standard InChI is InChI=1S/C15H15NO4/c17-15(18)13-8-14(10-16-9-13)20-7-6-19-11-12-4-2-1-3-5-12/h1-5,8-10H,6-7,11H2,(H,17,18). The van der Waals surface area contributed by atoms with E-state index in [2.05, 4.69) is 4.98 Å². The Balaban J connectivity index is 1.71. The number of hydrogen-bond donors (Lipinski definition) is 1. The van der Waals surface area contributed by atoms with Crippen molar-refractivity contribution in [1.29, 1.82) is 0 Å². The summed E-state index contributed by atoms with van der Waals surface area (Å²) in [4.78, 5) is 14.6. The minimum atomic E-state index is -1.02. The third-order valence-corrected chi connectivity index (χ3v) is 2.57. The summed E-state index contributed by atoms with van der Waals surface area (Å²) in [7, 11) is 0. The molecular weight excluding hydrogens is 258 g/mol. The van der Waals surface area contributed by atoms with Crippen molar-refractivity contribution in [2.75, 3.05) is 13.2 Å². The fourth-order valence-electron chi connectivity index (χ4n) is 1.60. The summed E-state index contributed by atoms with van der Waals surface area (Å²) in [6.45, 7) is 1.29. The number of aromatic carboxylic acids is 1. The van der Waals surface area contributed by atoms with Crippen LogP contribution in [-0.4, -0.2) is 29.3 Å². The van der Waals surface area contributed by atoms with E-state index in [1.165, 1.54) is 18.5 Å². The molecule has 0 radical (unpaired) electrons. The molecule has 1 aromatic carbocycles. The van der Waals surface area contributed by atoms with Crippen molar-refractivity contribution in [2.45, 2.75) is 6.61 Å². The number of nitrogens with zero attached hydrogens (tertiary/aromatic N) is 1. The second-order valence-corrected chi connectivity index (χ2v) is 4.10. The van der Waals surface area contributed by atoms with Crippen molar-refractivity contribution in [2.24, 2.45) is 0 Å². The van der Waals surface area contributed by atoms with Gasteiger partial charge in [-0.25, -0.2) is 4.79 Å². The summed E-state index contributed by atoms with van der Waals surface area (Å²) in [6.07, 6.45) is 2.75. The van der Waals surface area contributed by atoms with Crippen LogP contribution in [-0.2, 0) is 11.3 Å². The maximum atomic E-state index is 10.8. The lowest BCUT2D eigenvalue weighted by molar-refractivity contribution is 0.0695. The molecule has 20 heavy (non-hydrogen) atoms. The molecule has 0 aliphatic carbocycles. The van der Waals surface area contributed by atoms with E-state index >= 15 is 0 Å². The molecule has 5 nitrogen and oxygen atoms in total. The quantitative estimate of drug-likeness (QED) is 0.784. The van der Waals surface area contributed by atoms with Crippen molar-refractivity contribution in [3.63, 3.8) is 0 Å². The lowest BCUT2D eigenvalue weighted by Gasteiger charge is -2.07. The Morgan fingerprint density at radius 1 is 1.15 bits per heavy atom. The monoisotopic (exact) mass is 273 g/mol. The zero-order chi connectivity index (χ0) is 14.2. The van der Waals surface area contributed by atoms with Crippen molar-refractivity contribution < 1.29 is 19.4 Å². The molecule has 0 aliphatic rings. The van der Waals surface area contributed by atoms with Crippen LogP contribution in [0.4, 0.5) is 0 Å². The molecule has 1 N–H and O–H groups in total. The fourth-order valence-corrected chi connectivity index (χ4v) is 1.60. The van der Waals surface area contributed by atoms with Gasteiger partial charge in [0, 0.05) is 6.20 Å². The van der Waals surface area contributed by atoms with Crippen LogP contribution < -0.4 is 4.74 Å². The average molecular weight is 273 g/mol. The van der Waals surface area contributed by atoms with Crippen molar-refractivity contribution in [3.05, 3.63) is 59.9 Å². The van der Waals surface area contributed by atoms with Crippen LogP contribution in [0.2, 0.25) is 0 Å². The molecule has 2 rings (SSSR count). The van der Waals surface area contributed by atoms with Crippen LogP contribution in [0.3, 0.4) is 0 Å². The van der Waals surface area contributed by atoms with Crippen LogP contribution >= 0.6 is 0 Å². The van der Waals surface area contributed by atoms with Crippen LogP contribution in [0.15, 0.2) is 48.8 Å². The number of benzene rings is 1. The lowest BCUT2D eigenvalue weighted by Crippen LogP contribution is -2.07. The van der Waals surface area contributed by atoms with Gasteiger partial charge in [0.1, 0.15) is 12.4 Å². The van der Waals surface area contributed by atoms with Crippen molar-refractivity contribution >= 4 is 5.97 Å². The molecule has 0 amide bonds. The first-order valence-corrected chi connectivity index (χ1v) is 6.18. The number of aromatic nitrogens is 1. The fraction of sp³-hybridized carbons (Fsp3) is 0.200. The van der Waals surface area contributed by atoms with Crippen molar-refractivity contribution in [3.8, 4) is 5.75 Å². The first-order chi connectivity index (χ1) is 9.75. The molecule has 0 bridgehead atoms. The highest BCUT2D eigenvalue weighted by Gasteiger charge is 2.04. The lowest BCUT2D eigenvalue weighted by atomic mass is 10.2. The number of carboxylic acid groups (broad SMARTS) is 1. The summed E-state index contributed by atoms with van der Waals surface area (Å²) in [5.41, 5.74) is 1.20. The van der Waals surface area contributed by atoms with Crippen LogP contribution in [0, 0.1) is 0 Å². The topological polar surface area (TPSA) is 68.7 Å². The van der Waals surface area contributed by atoms with Crippen LogP contribution in [0.5, 0.6) is 5.75 Å². The smallest absolute Gasteiger partial charge is 0.337 e. The maximum Gasteiger partial charge on any atom is 0.337 e. The Morgan fingerprint density at radius 2 is 1.95 bits per heavy atom. The summed E-state index contributed by atoms with van der Waals surface area (Å²) in [5.74, 6) is -0.600. The molecule has 0 aliphatic heterocycles. The van der Waals surface area contributed by atoms with Gasteiger partial charge in [0.25, 0.3) is 0 Å². The number of pyridine rings is 1. The second-order valence-electron chi connectivity index (χ2n) is 4.10. The van der Waals surface area contributed by atoms with E-state index in [9.17, 15) is 4.79 Å². The van der Waals surface area contributed by atoms with Crippen LogP contribution in [0.1, 0.15) is 15.9 Å². The highest BCUT2D eigenvalue weighted by atomic mass is 16.5. The van der Waals surface area contributed by atoms with Gasteiger partial charge >= 0.3 is 5.97 Å². The van der Waals surface area contributed by atoms with Gasteiger partial charge in [-0.05, 0) is 11.6 Å². The molecule has 0 fully saturated rings. The highest BCUT2D eigenvalue weighted by Crippen LogP contribution is 2.11. The molecule has 5 heteroatoms. The van der Waals surface area contributed by atoms with E-state index < -0.39 is 5.97 Å². The van der Waals surface area contributed by atoms with E-state index in [0.717, 1.165) is 5.56 Å². The van der Waals surface area contributed by atoms with Gasteiger partial charge in [-0.15, -0.1) is 0 Å². The largest absolute Gasteiger partial charge is 0.490 e. The molecule has 0 atom stereocenters. The van der Waals surface area contributed by atoms with Crippen molar-refractivity contribution in [1.82, 2.24) is 4.98 Å². The van der Waals surface area contributed by atoms with Gasteiger partial charge in [-0.1, -0.05) is 30.3 Å². The summed E-state index contributed by atoms with van der Waals surface area (Å²) >= 11 is 0. The van der Waals surface area contributed by atoms with Gasteiger partial charge < -0.3 is 14.6 Å².